The minimum atomic E-state index is 0.563. The van der Waals surface area contributed by atoms with Gasteiger partial charge in [0.15, 0.2) is 0 Å². The van der Waals surface area contributed by atoms with E-state index in [1.165, 1.54) is 5.69 Å². The quantitative estimate of drug-likeness (QED) is 0.728. The van der Waals surface area contributed by atoms with E-state index < -0.39 is 0 Å². The Morgan fingerprint density at radius 2 is 2.25 bits per heavy atom. The molecule has 0 amide bonds. The first-order valence-electron chi connectivity index (χ1n) is 4.61. The highest BCUT2D eigenvalue weighted by Gasteiger charge is 2.02. The minimum absolute atomic E-state index is 0.563. The van der Waals surface area contributed by atoms with Crippen molar-refractivity contribution < 1.29 is 0 Å². The molecule has 0 radical (unpaired) electrons. The molecule has 0 aliphatic heterocycles. The average molecular weight is 166 g/mol. The summed E-state index contributed by atoms with van der Waals surface area (Å²) < 4.78 is 2.30. The molecule has 0 bridgehead atoms. The Bertz CT molecular complexity index is 225. The molecule has 2 heteroatoms. The van der Waals surface area contributed by atoms with Gasteiger partial charge in [0.2, 0.25) is 0 Å². The zero-order valence-corrected chi connectivity index (χ0v) is 7.96. The Morgan fingerprint density at radius 3 is 2.83 bits per heavy atom. The van der Waals surface area contributed by atoms with Crippen molar-refractivity contribution in [2.45, 2.75) is 32.7 Å². The monoisotopic (exact) mass is 166 g/mol. The molecular formula is C10H18N2. The van der Waals surface area contributed by atoms with Crippen molar-refractivity contribution in [2.75, 3.05) is 6.54 Å². The van der Waals surface area contributed by atoms with Gasteiger partial charge in [-0.05, 0) is 45.4 Å². The van der Waals surface area contributed by atoms with Gasteiger partial charge in [-0.25, -0.2) is 0 Å². The molecule has 1 heterocycles. The van der Waals surface area contributed by atoms with E-state index in [1.54, 1.807) is 0 Å². The summed E-state index contributed by atoms with van der Waals surface area (Å²) in [6, 6.07) is 4.84. The molecule has 0 aliphatic rings. The highest BCUT2D eigenvalue weighted by atomic mass is 15.0. The summed E-state index contributed by atoms with van der Waals surface area (Å²) in [4.78, 5) is 0. The lowest BCUT2D eigenvalue weighted by atomic mass is 10.2. The lowest BCUT2D eigenvalue weighted by Gasteiger charge is -2.12. The van der Waals surface area contributed by atoms with Crippen LogP contribution in [-0.4, -0.2) is 11.1 Å². The van der Waals surface area contributed by atoms with E-state index in [1.807, 2.05) is 0 Å². The summed E-state index contributed by atoms with van der Waals surface area (Å²) in [7, 11) is 0. The first-order valence-corrected chi connectivity index (χ1v) is 4.61. The van der Waals surface area contributed by atoms with E-state index in [0.29, 0.717) is 6.04 Å². The third kappa shape index (κ3) is 2.11. The normalized spacial score (nSPS) is 11.0. The first kappa shape index (κ1) is 9.33. The fourth-order valence-electron chi connectivity index (χ4n) is 1.43. The predicted molar refractivity (Wildman–Crippen MR) is 52.2 cm³/mol. The molecule has 1 aromatic heterocycles. The van der Waals surface area contributed by atoms with Crippen molar-refractivity contribution in [3.8, 4) is 0 Å². The molecule has 68 valence electrons. The second kappa shape index (κ2) is 4.31. The van der Waals surface area contributed by atoms with Crippen molar-refractivity contribution in [1.29, 1.82) is 0 Å². The third-order valence-corrected chi connectivity index (χ3v) is 2.06. The molecule has 0 saturated carbocycles. The molecular weight excluding hydrogens is 148 g/mol. The van der Waals surface area contributed by atoms with Crippen LogP contribution in [0.2, 0.25) is 0 Å². The van der Waals surface area contributed by atoms with Crippen LogP contribution in [0.15, 0.2) is 18.3 Å². The van der Waals surface area contributed by atoms with Gasteiger partial charge in [0, 0.05) is 17.9 Å². The molecule has 0 spiro atoms. The van der Waals surface area contributed by atoms with Gasteiger partial charge in [-0.2, -0.15) is 0 Å². The van der Waals surface area contributed by atoms with Crippen molar-refractivity contribution in [2.24, 2.45) is 5.73 Å². The number of hydrogen-bond donors (Lipinski definition) is 1. The second-order valence-corrected chi connectivity index (χ2v) is 3.39. The second-order valence-electron chi connectivity index (χ2n) is 3.39. The SMILES string of the molecule is CC(C)n1cccc1CCCN. The van der Waals surface area contributed by atoms with E-state index in [2.05, 4.69) is 36.7 Å². The Balaban J connectivity index is 2.64. The Hall–Kier alpha value is -0.760. The number of nitrogens with zero attached hydrogens (tertiary/aromatic N) is 1. The van der Waals surface area contributed by atoms with Gasteiger partial charge >= 0.3 is 0 Å². The van der Waals surface area contributed by atoms with Crippen LogP contribution < -0.4 is 5.73 Å². The maximum atomic E-state index is 5.46. The fourth-order valence-corrected chi connectivity index (χ4v) is 1.43. The Labute approximate surface area is 74.4 Å². The molecule has 2 N–H and O–H groups in total. The van der Waals surface area contributed by atoms with E-state index in [-0.39, 0.29) is 0 Å². The zero-order valence-electron chi connectivity index (χ0n) is 7.96. The van der Waals surface area contributed by atoms with Crippen molar-refractivity contribution >= 4 is 0 Å². The lowest BCUT2D eigenvalue weighted by molar-refractivity contribution is 0.570. The Kier molecular flexibility index (Phi) is 3.35. The molecule has 1 rings (SSSR count). The summed E-state index contributed by atoms with van der Waals surface area (Å²) in [6.07, 6.45) is 4.31. The maximum Gasteiger partial charge on any atom is 0.0276 e. The van der Waals surface area contributed by atoms with E-state index in [9.17, 15) is 0 Å². The summed E-state index contributed by atoms with van der Waals surface area (Å²) >= 11 is 0. The van der Waals surface area contributed by atoms with Gasteiger partial charge in [-0.3, -0.25) is 0 Å². The van der Waals surface area contributed by atoms with Crippen LogP contribution in [0.1, 0.15) is 32.0 Å². The van der Waals surface area contributed by atoms with Crippen LogP contribution >= 0.6 is 0 Å². The standard InChI is InChI=1S/C10H18N2/c1-9(2)12-8-4-6-10(12)5-3-7-11/h4,6,8-9H,3,5,7,11H2,1-2H3. The molecule has 0 atom stereocenters. The van der Waals surface area contributed by atoms with Gasteiger partial charge in [-0.15, -0.1) is 0 Å². The molecule has 1 aromatic rings. The van der Waals surface area contributed by atoms with Gasteiger partial charge in [0.1, 0.15) is 0 Å². The van der Waals surface area contributed by atoms with Crippen molar-refractivity contribution in [3.05, 3.63) is 24.0 Å². The predicted octanol–water partition coefficient (Wildman–Crippen LogP) is 1.96. The van der Waals surface area contributed by atoms with Crippen LogP contribution in [0.3, 0.4) is 0 Å². The van der Waals surface area contributed by atoms with Gasteiger partial charge in [0.05, 0.1) is 0 Å². The van der Waals surface area contributed by atoms with Gasteiger partial charge in [-0.1, -0.05) is 0 Å². The molecule has 0 aromatic carbocycles. The topological polar surface area (TPSA) is 30.9 Å². The number of aromatic nitrogens is 1. The van der Waals surface area contributed by atoms with Crippen LogP contribution in [-0.2, 0) is 6.42 Å². The molecule has 12 heavy (non-hydrogen) atoms. The summed E-state index contributed by atoms with van der Waals surface area (Å²) in [5, 5.41) is 0. The number of hydrogen-bond acceptors (Lipinski definition) is 1. The average Bonchev–Trinajstić information content (AvgIpc) is 2.48. The van der Waals surface area contributed by atoms with Crippen LogP contribution in [0, 0.1) is 0 Å². The number of nitrogens with two attached hydrogens (primary N) is 1. The van der Waals surface area contributed by atoms with Gasteiger partial charge in [0.25, 0.3) is 0 Å². The largest absolute Gasteiger partial charge is 0.349 e. The van der Waals surface area contributed by atoms with Crippen LogP contribution in [0.25, 0.3) is 0 Å². The van der Waals surface area contributed by atoms with Crippen LogP contribution in [0.5, 0.6) is 0 Å². The van der Waals surface area contributed by atoms with E-state index in [4.69, 9.17) is 5.73 Å². The summed E-state index contributed by atoms with van der Waals surface area (Å²) in [5.74, 6) is 0. The molecule has 0 saturated heterocycles. The van der Waals surface area contributed by atoms with E-state index >= 15 is 0 Å². The number of rotatable bonds is 4. The first-order chi connectivity index (χ1) is 5.75. The number of aryl methyl sites for hydroxylation is 1. The van der Waals surface area contributed by atoms with Crippen molar-refractivity contribution in [3.63, 3.8) is 0 Å². The van der Waals surface area contributed by atoms with E-state index in [0.717, 1.165) is 19.4 Å². The van der Waals surface area contributed by atoms with Crippen LogP contribution in [0.4, 0.5) is 0 Å². The maximum absolute atomic E-state index is 5.46. The highest BCUT2D eigenvalue weighted by molar-refractivity contribution is 5.08. The lowest BCUT2D eigenvalue weighted by Crippen LogP contribution is -2.07. The summed E-state index contributed by atoms with van der Waals surface area (Å²) in [6.45, 7) is 5.18. The minimum Gasteiger partial charge on any atom is -0.349 e. The third-order valence-electron chi connectivity index (χ3n) is 2.06. The Morgan fingerprint density at radius 1 is 1.50 bits per heavy atom. The molecule has 0 aliphatic carbocycles. The zero-order chi connectivity index (χ0) is 8.97. The summed E-state index contributed by atoms with van der Waals surface area (Å²) in [5.41, 5.74) is 6.86. The smallest absolute Gasteiger partial charge is 0.0276 e. The molecule has 0 fully saturated rings. The highest BCUT2D eigenvalue weighted by Crippen LogP contribution is 2.11. The molecule has 2 nitrogen and oxygen atoms in total. The fraction of sp³-hybridized carbons (Fsp3) is 0.600. The van der Waals surface area contributed by atoms with Gasteiger partial charge < -0.3 is 10.3 Å². The molecule has 0 unspecified atom stereocenters. The van der Waals surface area contributed by atoms with Crippen molar-refractivity contribution in [1.82, 2.24) is 4.57 Å².